The predicted octanol–water partition coefficient (Wildman–Crippen LogP) is 6.60. The molecule has 1 radical (unpaired) electrons. The molecule has 0 saturated heterocycles. The van der Waals surface area contributed by atoms with Gasteiger partial charge in [-0.15, -0.1) is 0 Å². The molecule has 0 N–H and O–H groups in total. The second-order valence-corrected chi connectivity index (χ2v) is 7.40. The highest BCUT2D eigenvalue weighted by molar-refractivity contribution is 4.61. The molecule has 0 rings (SSSR count). The van der Waals surface area contributed by atoms with E-state index >= 15 is 0 Å². The van der Waals surface area contributed by atoms with Crippen LogP contribution >= 0.6 is 0 Å². The predicted molar refractivity (Wildman–Crippen MR) is 113 cm³/mol. The van der Waals surface area contributed by atoms with Crippen LogP contribution < -0.4 is 0 Å². The first-order chi connectivity index (χ1) is 12.8. The fourth-order valence-corrected chi connectivity index (χ4v) is 3.30. The minimum atomic E-state index is 0.512. The highest BCUT2D eigenvalue weighted by Gasteiger charge is 2.08. The lowest BCUT2D eigenvalue weighted by Crippen LogP contribution is -2.11. The molecule has 1 atom stereocenters. The van der Waals surface area contributed by atoms with Crippen molar-refractivity contribution < 1.29 is 14.2 Å². The van der Waals surface area contributed by atoms with E-state index in [0.717, 1.165) is 12.5 Å². The Bertz CT molecular complexity index is 246. The zero-order chi connectivity index (χ0) is 19.1. The Kier molecular flexibility index (Phi) is 22.8. The summed E-state index contributed by atoms with van der Waals surface area (Å²) in [5.74, 6) is 0.851. The number of hydrogen-bond donors (Lipinski definition) is 0. The van der Waals surface area contributed by atoms with Crippen molar-refractivity contribution in [2.24, 2.45) is 5.92 Å². The van der Waals surface area contributed by atoms with Crippen molar-refractivity contribution in [3.8, 4) is 0 Å². The molecule has 0 fully saturated rings. The van der Waals surface area contributed by atoms with E-state index in [0.29, 0.717) is 33.0 Å². The molecule has 26 heavy (non-hydrogen) atoms. The maximum atomic E-state index is 5.78. The van der Waals surface area contributed by atoms with Crippen LogP contribution in [0, 0.1) is 12.8 Å². The van der Waals surface area contributed by atoms with Crippen LogP contribution in [0.1, 0.15) is 97.3 Å². The van der Waals surface area contributed by atoms with Crippen LogP contribution in [0.25, 0.3) is 0 Å². The normalized spacial score (nSPS) is 12.6. The van der Waals surface area contributed by atoms with E-state index < -0.39 is 0 Å². The molecule has 157 valence electrons. The van der Waals surface area contributed by atoms with Crippen molar-refractivity contribution in [3.63, 3.8) is 0 Å². The second kappa shape index (κ2) is 22.9. The molecule has 0 aliphatic rings. The van der Waals surface area contributed by atoms with Gasteiger partial charge >= 0.3 is 0 Å². The first-order valence-corrected chi connectivity index (χ1v) is 11.4. The number of unbranched alkanes of at least 4 members (excludes halogenated alkanes) is 8. The molecule has 0 spiro atoms. The van der Waals surface area contributed by atoms with Gasteiger partial charge in [0.2, 0.25) is 0 Å². The van der Waals surface area contributed by atoms with Crippen molar-refractivity contribution in [2.75, 3.05) is 39.6 Å². The van der Waals surface area contributed by atoms with Gasteiger partial charge in [0.05, 0.1) is 26.4 Å². The summed E-state index contributed by atoms with van der Waals surface area (Å²) < 4.78 is 16.4. The van der Waals surface area contributed by atoms with Gasteiger partial charge in [0.1, 0.15) is 0 Å². The van der Waals surface area contributed by atoms with E-state index in [4.69, 9.17) is 14.2 Å². The van der Waals surface area contributed by atoms with Gasteiger partial charge in [-0.3, -0.25) is 0 Å². The average molecular weight is 372 g/mol. The molecule has 0 aliphatic heterocycles. The Morgan fingerprint density at radius 2 is 1.00 bits per heavy atom. The summed E-state index contributed by atoms with van der Waals surface area (Å²) in [6.45, 7) is 12.2. The third-order valence-electron chi connectivity index (χ3n) is 4.99. The summed E-state index contributed by atoms with van der Waals surface area (Å²) in [5, 5.41) is 0. The Balaban J connectivity index is 3.68. The molecule has 0 bridgehead atoms. The lowest BCUT2D eigenvalue weighted by molar-refractivity contribution is 0.0162. The van der Waals surface area contributed by atoms with Crippen molar-refractivity contribution in [1.82, 2.24) is 0 Å². The Labute approximate surface area is 164 Å². The van der Waals surface area contributed by atoms with Crippen molar-refractivity contribution in [3.05, 3.63) is 6.92 Å². The smallest absolute Gasteiger partial charge is 0.0701 e. The minimum Gasteiger partial charge on any atom is -0.379 e. The van der Waals surface area contributed by atoms with Gasteiger partial charge in [0.15, 0.2) is 0 Å². The van der Waals surface area contributed by atoms with Crippen LogP contribution in [-0.4, -0.2) is 39.6 Å². The average Bonchev–Trinajstić information content (AvgIpc) is 2.65. The topological polar surface area (TPSA) is 27.7 Å². The monoisotopic (exact) mass is 371 g/mol. The van der Waals surface area contributed by atoms with Gasteiger partial charge in [-0.1, -0.05) is 90.9 Å². The first-order valence-electron chi connectivity index (χ1n) is 11.4. The van der Waals surface area contributed by atoms with Crippen LogP contribution in [0.15, 0.2) is 0 Å². The van der Waals surface area contributed by atoms with Gasteiger partial charge in [-0.25, -0.2) is 0 Å². The van der Waals surface area contributed by atoms with Gasteiger partial charge in [-0.05, 0) is 19.3 Å². The molecule has 0 amide bonds. The lowest BCUT2D eigenvalue weighted by atomic mass is 9.92. The summed E-state index contributed by atoms with van der Waals surface area (Å²) >= 11 is 0. The fraction of sp³-hybridized carbons (Fsp3) is 0.957. The molecule has 0 aliphatic carbocycles. The quantitative estimate of drug-likeness (QED) is 0.201. The zero-order valence-corrected chi connectivity index (χ0v) is 17.9. The Morgan fingerprint density at radius 3 is 1.58 bits per heavy atom. The maximum absolute atomic E-state index is 5.78. The maximum Gasteiger partial charge on any atom is 0.0701 e. The third-order valence-corrected chi connectivity index (χ3v) is 4.99. The summed E-state index contributed by atoms with van der Waals surface area (Å²) in [6.07, 6.45) is 17.9. The first kappa shape index (κ1) is 25.9. The molecule has 0 saturated carbocycles. The second-order valence-electron chi connectivity index (χ2n) is 7.40. The largest absolute Gasteiger partial charge is 0.379 e. The molecule has 1 unspecified atom stereocenters. The van der Waals surface area contributed by atoms with E-state index in [2.05, 4.69) is 20.8 Å². The Hall–Kier alpha value is -0.120. The van der Waals surface area contributed by atoms with Gasteiger partial charge in [0, 0.05) is 13.2 Å². The molecule has 0 aromatic carbocycles. The van der Waals surface area contributed by atoms with Crippen molar-refractivity contribution in [1.29, 1.82) is 0 Å². The van der Waals surface area contributed by atoms with Crippen LogP contribution in [-0.2, 0) is 14.2 Å². The van der Waals surface area contributed by atoms with Gasteiger partial charge < -0.3 is 14.2 Å². The highest BCUT2D eigenvalue weighted by Crippen LogP contribution is 2.21. The molecule has 0 aromatic heterocycles. The van der Waals surface area contributed by atoms with Gasteiger partial charge in [0.25, 0.3) is 0 Å². The fourth-order valence-electron chi connectivity index (χ4n) is 3.30. The molecule has 0 aromatic rings. The van der Waals surface area contributed by atoms with Crippen LogP contribution in [0.2, 0.25) is 0 Å². The molecular formula is C23H47O3. The van der Waals surface area contributed by atoms with E-state index in [-0.39, 0.29) is 0 Å². The van der Waals surface area contributed by atoms with E-state index in [1.54, 1.807) is 0 Å². The summed E-state index contributed by atoms with van der Waals surface area (Å²) in [6, 6.07) is 0. The molecule has 3 heteroatoms. The van der Waals surface area contributed by atoms with Crippen LogP contribution in [0.4, 0.5) is 0 Å². The van der Waals surface area contributed by atoms with Crippen LogP contribution in [0.5, 0.6) is 0 Å². The lowest BCUT2D eigenvalue weighted by Gasteiger charge is -2.17. The summed E-state index contributed by atoms with van der Waals surface area (Å²) in [4.78, 5) is 0. The highest BCUT2D eigenvalue weighted by atomic mass is 16.5. The van der Waals surface area contributed by atoms with Crippen LogP contribution in [0.3, 0.4) is 0 Å². The molecule has 3 nitrogen and oxygen atoms in total. The number of hydrogen-bond acceptors (Lipinski definition) is 3. The van der Waals surface area contributed by atoms with Crippen molar-refractivity contribution in [2.45, 2.75) is 97.3 Å². The van der Waals surface area contributed by atoms with E-state index in [1.165, 1.54) is 83.5 Å². The SMILES string of the molecule is [CH2]COCCOCCOCCC(CCCCCC)CCCCCCCC. The minimum absolute atomic E-state index is 0.512. The third kappa shape index (κ3) is 20.2. The standard InChI is InChI=1S/C23H47O3/c1-4-7-9-11-12-14-16-23(15-13-10-8-5-2)17-18-25-21-22-26-20-19-24-6-3/h23H,3-22H2,1-2H3. The van der Waals surface area contributed by atoms with E-state index in [9.17, 15) is 0 Å². The Morgan fingerprint density at radius 1 is 0.538 bits per heavy atom. The number of ether oxygens (including phenoxy) is 3. The zero-order valence-electron chi connectivity index (χ0n) is 17.9. The summed E-state index contributed by atoms with van der Waals surface area (Å²) in [7, 11) is 0. The van der Waals surface area contributed by atoms with Crippen molar-refractivity contribution >= 4 is 0 Å². The number of rotatable bonds is 22. The van der Waals surface area contributed by atoms with E-state index in [1.807, 2.05) is 0 Å². The molecule has 0 heterocycles. The molecular weight excluding hydrogens is 324 g/mol. The van der Waals surface area contributed by atoms with Gasteiger partial charge in [-0.2, -0.15) is 0 Å². The summed E-state index contributed by atoms with van der Waals surface area (Å²) in [5.41, 5.74) is 0.